The lowest BCUT2D eigenvalue weighted by atomic mass is 9.70. The van der Waals surface area contributed by atoms with Crippen LogP contribution in [0.25, 0.3) is 12.2 Å². The minimum Gasteiger partial charge on any atom is -0.380 e. The van der Waals surface area contributed by atoms with E-state index in [1.807, 2.05) is 24.3 Å². The Morgan fingerprint density at radius 2 is 1.35 bits per heavy atom. The van der Waals surface area contributed by atoms with E-state index in [1.54, 1.807) is 0 Å². The first-order chi connectivity index (χ1) is 11.2. The number of aliphatic hydroxyl groups is 1. The predicted molar refractivity (Wildman–Crippen MR) is 95.0 cm³/mol. The Morgan fingerprint density at radius 3 is 1.87 bits per heavy atom. The fraction of sp³-hybridized carbons (Fsp3) is 0.333. The highest BCUT2D eigenvalue weighted by molar-refractivity contribution is 5.77. The summed E-state index contributed by atoms with van der Waals surface area (Å²) in [4.78, 5) is 2.35. The van der Waals surface area contributed by atoms with Gasteiger partial charge in [-0.25, -0.2) is 0 Å². The number of rotatable bonds is 1. The van der Waals surface area contributed by atoms with Gasteiger partial charge in [-0.2, -0.15) is 0 Å². The van der Waals surface area contributed by atoms with Gasteiger partial charge in [0.15, 0.2) is 0 Å². The van der Waals surface area contributed by atoms with Crippen molar-refractivity contribution >= 4 is 12.2 Å². The standard InChI is InChI=1S/C21H23NO/c1-22-14-12-18(13-15-22)21(23)19-8-4-2-6-16(19)10-11-17-7-3-5-9-20(17)21/h2-11,18,23H,12-15H2,1H3. The summed E-state index contributed by atoms with van der Waals surface area (Å²) in [5.74, 6) is 0.251. The van der Waals surface area contributed by atoms with E-state index in [-0.39, 0.29) is 5.92 Å². The van der Waals surface area contributed by atoms with Crippen LogP contribution in [0.4, 0.5) is 0 Å². The van der Waals surface area contributed by atoms with Crippen LogP contribution in [0, 0.1) is 5.92 Å². The van der Waals surface area contributed by atoms with Gasteiger partial charge in [0.1, 0.15) is 5.60 Å². The normalized spacial score (nSPS) is 20.6. The molecule has 23 heavy (non-hydrogen) atoms. The van der Waals surface area contributed by atoms with E-state index < -0.39 is 5.60 Å². The van der Waals surface area contributed by atoms with Crippen molar-refractivity contribution in [3.05, 3.63) is 70.8 Å². The lowest BCUT2D eigenvalue weighted by Crippen LogP contribution is -2.43. The summed E-state index contributed by atoms with van der Waals surface area (Å²) in [6, 6.07) is 16.6. The fourth-order valence-corrected chi connectivity index (χ4v) is 4.17. The van der Waals surface area contributed by atoms with Crippen LogP contribution >= 0.6 is 0 Å². The molecule has 2 heteroatoms. The number of likely N-dealkylation sites (tertiary alicyclic amines) is 1. The summed E-state index contributed by atoms with van der Waals surface area (Å²) in [5, 5.41) is 12.0. The van der Waals surface area contributed by atoms with E-state index >= 15 is 0 Å². The third kappa shape index (κ3) is 2.34. The monoisotopic (exact) mass is 305 g/mol. The van der Waals surface area contributed by atoms with Crippen molar-refractivity contribution in [2.24, 2.45) is 5.92 Å². The molecule has 0 atom stereocenters. The van der Waals surface area contributed by atoms with Crippen molar-refractivity contribution in [3.63, 3.8) is 0 Å². The maximum Gasteiger partial charge on any atom is 0.119 e. The van der Waals surface area contributed by atoms with E-state index in [0.717, 1.165) is 48.2 Å². The van der Waals surface area contributed by atoms with Crippen molar-refractivity contribution in [1.82, 2.24) is 4.90 Å². The van der Waals surface area contributed by atoms with Gasteiger partial charge >= 0.3 is 0 Å². The highest BCUT2D eigenvalue weighted by Gasteiger charge is 2.43. The molecule has 0 spiro atoms. The van der Waals surface area contributed by atoms with Gasteiger partial charge in [0.05, 0.1) is 0 Å². The van der Waals surface area contributed by atoms with Gasteiger partial charge in [-0.05, 0) is 61.2 Å². The summed E-state index contributed by atoms with van der Waals surface area (Å²) in [6.07, 6.45) is 6.33. The van der Waals surface area contributed by atoms with E-state index in [1.165, 1.54) is 0 Å². The molecule has 0 aromatic heterocycles. The Hall–Kier alpha value is -1.90. The molecule has 4 rings (SSSR count). The number of hydrogen-bond donors (Lipinski definition) is 1. The summed E-state index contributed by atoms with van der Waals surface area (Å²) in [7, 11) is 2.16. The molecule has 2 aromatic carbocycles. The lowest BCUT2D eigenvalue weighted by Gasteiger charge is -2.42. The Balaban J connectivity index is 1.91. The first kappa shape index (κ1) is 14.7. The van der Waals surface area contributed by atoms with Crippen LogP contribution < -0.4 is 0 Å². The number of benzene rings is 2. The third-order valence-electron chi connectivity index (χ3n) is 5.49. The van der Waals surface area contributed by atoms with Crippen LogP contribution in [0.15, 0.2) is 48.5 Å². The Kier molecular flexibility index (Phi) is 3.59. The van der Waals surface area contributed by atoms with E-state index in [0.29, 0.717) is 0 Å². The van der Waals surface area contributed by atoms with Crippen molar-refractivity contribution in [1.29, 1.82) is 0 Å². The highest BCUT2D eigenvalue weighted by Crippen LogP contribution is 2.46. The smallest absolute Gasteiger partial charge is 0.119 e. The molecule has 118 valence electrons. The molecule has 2 nitrogen and oxygen atoms in total. The molecule has 0 unspecified atom stereocenters. The van der Waals surface area contributed by atoms with Crippen LogP contribution in [0.2, 0.25) is 0 Å². The average Bonchev–Trinajstić information content (AvgIpc) is 2.72. The molecule has 1 aliphatic carbocycles. The predicted octanol–water partition coefficient (Wildman–Crippen LogP) is 3.75. The van der Waals surface area contributed by atoms with E-state index in [2.05, 4.69) is 48.4 Å². The van der Waals surface area contributed by atoms with Gasteiger partial charge in [-0.3, -0.25) is 0 Å². The van der Waals surface area contributed by atoms with Gasteiger partial charge in [-0.15, -0.1) is 0 Å². The van der Waals surface area contributed by atoms with Gasteiger partial charge in [0.25, 0.3) is 0 Å². The van der Waals surface area contributed by atoms with Crippen molar-refractivity contribution in [2.75, 3.05) is 20.1 Å². The van der Waals surface area contributed by atoms with Gasteiger partial charge < -0.3 is 10.0 Å². The van der Waals surface area contributed by atoms with Crippen LogP contribution in [-0.2, 0) is 5.60 Å². The minimum atomic E-state index is -0.905. The van der Waals surface area contributed by atoms with Crippen LogP contribution in [0.1, 0.15) is 35.1 Å². The quantitative estimate of drug-likeness (QED) is 0.867. The summed E-state index contributed by atoms with van der Waals surface area (Å²) >= 11 is 0. The molecular weight excluding hydrogens is 282 g/mol. The number of hydrogen-bond acceptors (Lipinski definition) is 2. The largest absolute Gasteiger partial charge is 0.380 e. The maximum absolute atomic E-state index is 12.0. The molecule has 0 amide bonds. The van der Waals surface area contributed by atoms with Crippen molar-refractivity contribution < 1.29 is 5.11 Å². The molecule has 0 bridgehead atoms. The zero-order valence-electron chi connectivity index (χ0n) is 13.6. The Labute approximate surface area is 138 Å². The Bertz CT molecular complexity index is 692. The number of fused-ring (bicyclic) bond motifs is 2. The van der Waals surface area contributed by atoms with Gasteiger partial charge in [-0.1, -0.05) is 60.7 Å². The Morgan fingerprint density at radius 1 is 0.870 bits per heavy atom. The molecule has 0 saturated carbocycles. The number of piperidine rings is 1. The molecule has 1 fully saturated rings. The van der Waals surface area contributed by atoms with Crippen molar-refractivity contribution in [2.45, 2.75) is 18.4 Å². The summed E-state index contributed by atoms with van der Waals surface area (Å²) in [6.45, 7) is 2.09. The van der Waals surface area contributed by atoms with Crippen LogP contribution in [0.3, 0.4) is 0 Å². The molecule has 1 saturated heterocycles. The summed E-state index contributed by atoms with van der Waals surface area (Å²) < 4.78 is 0. The molecular formula is C21H23NO. The average molecular weight is 305 g/mol. The lowest BCUT2D eigenvalue weighted by molar-refractivity contribution is -0.0110. The molecule has 1 N–H and O–H groups in total. The number of nitrogens with zero attached hydrogens (tertiary/aromatic N) is 1. The second-order valence-corrected chi connectivity index (χ2v) is 6.85. The zero-order chi connectivity index (χ0) is 15.9. The van der Waals surface area contributed by atoms with E-state index in [4.69, 9.17) is 0 Å². The first-order valence-electron chi connectivity index (χ1n) is 8.47. The SMILES string of the molecule is CN1CCC(C2(O)c3ccccc3C=Cc3ccccc32)CC1. The highest BCUT2D eigenvalue weighted by atomic mass is 16.3. The minimum absolute atomic E-state index is 0.251. The van der Waals surface area contributed by atoms with Crippen molar-refractivity contribution in [3.8, 4) is 0 Å². The first-order valence-corrected chi connectivity index (χ1v) is 8.47. The molecule has 1 heterocycles. The van der Waals surface area contributed by atoms with Gasteiger partial charge in [0.2, 0.25) is 0 Å². The van der Waals surface area contributed by atoms with Crippen LogP contribution in [0.5, 0.6) is 0 Å². The summed E-state index contributed by atoms with van der Waals surface area (Å²) in [5.41, 5.74) is 3.46. The molecule has 1 aliphatic heterocycles. The second kappa shape index (κ2) is 5.63. The topological polar surface area (TPSA) is 23.5 Å². The molecule has 2 aromatic rings. The molecule has 2 aliphatic rings. The molecule has 0 radical (unpaired) electrons. The second-order valence-electron chi connectivity index (χ2n) is 6.85. The van der Waals surface area contributed by atoms with E-state index in [9.17, 15) is 5.11 Å². The maximum atomic E-state index is 12.0. The fourth-order valence-electron chi connectivity index (χ4n) is 4.17. The van der Waals surface area contributed by atoms with Gasteiger partial charge in [0, 0.05) is 0 Å². The zero-order valence-corrected chi connectivity index (χ0v) is 13.6. The van der Waals surface area contributed by atoms with Crippen LogP contribution in [-0.4, -0.2) is 30.1 Å². The third-order valence-corrected chi connectivity index (χ3v) is 5.49.